The Labute approximate surface area is 147 Å². The number of nitrogens with one attached hydrogen (secondary N) is 1. The van der Waals surface area contributed by atoms with Crippen molar-refractivity contribution in [1.82, 2.24) is 0 Å². The van der Waals surface area contributed by atoms with Crippen LogP contribution < -0.4 is 10.2 Å². The maximum atomic E-state index is 12.4. The molecule has 0 aliphatic rings. The van der Waals surface area contributed by atoms with Crippen LogP contribution in [-0.4, -0.2) is 20.0 Å². The summed E-state index contributed by atoms with van der Waals surface area (Å²) < 4.78 is 0. The number of anilines is 2. The number of nitrogens with zero attached hydrogens (tertiary/aromatic N) is 2. The number of benzene rings is 2. The van der Waals surface area contributed by atoms with Crippen molar-refractivity contribution < 1.29 is 4.79 Å². The number of para-hydroxylation sites is 1. The molecule has 122 valence electrons. The highest BCUT2D eigenvalue weighted by Crippen LogP contribution is 2.26. The molecule has 0 radical (unpaired) electrons. The van der Waals surface area contributed by atoms with Crippen LogP contribution in [0.15, 0.2) is 48.0 Å². The van der Waals surface area contributed by atoms with Crippen LogP contribution in [-0.2, 0) is 4.79 Å². The minimum Gasteiger partial charge on any atom is -0.378 e. The molecule has 4 nitrogen and oxygen atoms in total. The standard InChI is InChI=1S/C19H18ClN3O/c1-13-5-4-6-17(20)18(13)22-19(24)15(12-21)11-14-7-9-16(10-8-14)23(2)3/h4-11H,1-3H3,(H,22,24)/b15-11+. The molecule has 2 aromatic carbocycles. The van der Waals surface area contributed by atoms with E-state index in [4.69, 9.17) is 11.6 Å². The van der Waals surface area contributed by atoms with Crippen LogP contribution in [0, 0.1) is 18.3 Å². The Hall–Kier alpha value is -2.77. The third-order valence-electron chi connectivity index (χ3n) is 3.55. The molecule has 2 rings (SSSR count). The fourth-order valence-corrected chi connectivity index (χ4v) is 2.42. The summed E-state index contributed by atoms with van der Waals surface area (Å²) in [6.07, 6.45) is 1.56. The van der Waals surface area contributed by atoms with Crippen molar-refractivity contribution in [2.45, 2.75) is 6.92 Å². The smallest absolute Gasteiger partial charge is 0.266 e. The number of aryl methyl sites for hydroxylation is 1. The summed E-state index contributed by atoms with van der Waals surface area (Å²) in [7, 11) is 3.90. The van der Waals surface area contributed by atoms with Gasteiger partial charge in [-0.15, -0.1) is 0 Å². The Morgan fingerprint density at radius 2 is 1.88 bits per heavy atom. The molecule has 0 aliphatic heterocycles. The predicted molar refractivity (Wildman–Crippen MR) is 99.2 cm³/mol. The summed E-state index contributed by atoms with van der Waals surface area (Å²) in [4.78, 5) is 14.3. The van der Waals surface area contributed by atoms with Crippen LogP contribution in [0.3, 0.4) is 0 Å². The minimum atomic E-state index is -0.481. The SMILES string of the molecule is Cc1cccc(Cl)c1NC(=O)/C(C#N)=C/c1ccc(N(C)C)cc1. The summed E-state index contributed by atoms with van der Waals surface area (Å²) in [5.74, 6) is -0.481. The van der Waals surface area contributed by atoms with E-state index in [0.717, 1.165) is 16.8 Å². The van der Waals surface area contributed by atoms with Gasteiger partial charge in [-0.05, 0) is 42.3 Å². The van der Waals surface area contributed by atoms with Crippen LogP contribution >= 0.6 is 11.6 Å². The van der Waals surface area contributed by atoms with Gasteiger partial charge in [-0.2, -0.15) is 5.26 Å². The molecule has 5 heteroatoms. The molecule has 0 spiro atoms. The lowest BCUT2D eigenvalue weighted by atomic mass is 10.1. The van der Waals surface area contributed by atoms with Gasteiger partial charge in [-0.1, -0.05) is 35.9 Å². The molecule has 0 unspecified atom stereocenters. The van der Waals surface area contributed by atoms with Gasteiger partial charge in [0.1, 0.15) is 11.6 Å². The average Bonchev–Trinajstić information content (AvgIpc) is 2.56. The van der Waals surface area contributed by atoms with Crippen molar-refractivity contribution in [3.8, 4) is 6.07 Å². The van der Waals surface area contributed by atoms with Gasteiger partial charge in [0.05, 0.1) is 10.7 Å². The number of nitriles is 1. The normalized spacial score (nSPS) is 10.9. The molecule has 1 amide bonds. The third-order valence-corrected chi connectivity index (χ3v) is 3.86. The highest BCUT2D eigenvalue weighted by Gasteiger charge is 2.13. The average molecular weight is 340 g/mol. The first-order valence-electron chi connectivity index (χ1n) is 7.38. The summed E-state index contributed by atoms with van der Waals surface area (Å²) >= 11 is 6.11. The van der Waals surface area contributed by atoms with E-state index < -0.39 is 5.91 Å². The van der Waals surface area contributed by atoms with Crippen LogP contribution in [0.2, 0.25) is 5.02 Å². The van der Waals surface area contributed by atoms with Gasteiger partial charge >= 0.3 is 0 Å². The van der Waals surface area contributed by atoms with Gasteiger partial charge in [0.15, 0.2) is 0 Å². The number of amides is 1. The lowest BCUT2D eigenvalue weighted by Gasteiger charge is -2.12. The van der Waals surface area contributed by atoms with E-state index in [2.05, 4.69) is 5.32 Å². The zero-order chi connectivity index (χ0) is 17.7. The van der Waals surface area contributed by atoms with Crippen LogP contribution in [0.1, 0.15) is 11.1 Å². The number of halogens is 1. The lowest BCUT2D eigenvalue weighted by molar-refractivity contribution is -0.112. The van der Waals surface area contributed by atoms with E-state index in [-0.39, 0.29) is 5.57 Å². The number of rotatable bonds is 4. The van der Waals surface area contributed by atoms with E-state index in [0.29, 0.717) is 10.7 Å². The van der Waals surface area contributed by atoms with Gasteiger partial charge < -0.3 is 10.2 Å². The molecule has 2 aromatic rings. The molecule has 0 atom stereocenters. The van der Waals surface area contributed by atoms with Crippen molar-refractivity contribution in [2.24, 2.45) is 0 Å². The molecule has 0 fully saturated rings. The summed E-state index contributed by atoms with van der Waals surface area (Å²) in [6, 6.07) is 14.9. The second-order valence-electron chi connectivity index (χ2n) is 5.54. The molecule has 0 saturated carbocycles. The maximum absolute atomic E-state index is 12.4. The fraction of sp³-hybridized carbons (Fsp3) is 0.158. The van der Waals surface area contributed by atoms with E-state index in [1.54, 1.807) is 18.2 Å². The van der Waals surface area contributed by atoms with Crippen molar-refractivity contribution in [3.05, 3.63) is 64.2 Å². The zero-order valence-corrected chi connectivity index (χ0v) is 14.6. The molecular weight excluding hydrogens is 322 g/mol. The fourth-order valence-electron chi connectivity index (χ4n) is 2.16. The topological polar surface area (TPSA) is 56.1 Å². The van der Waals surface area contributed by atoms with Gasteiger partial charge in [-0.25, -0.2) is 0 Å². The van der Waals surface area contributed by atoms with Crippen molar-refractivity contribution in [2.75, 3.05) is 24.3 Å². The first-order valence-corrected chi connectivity index (χ1v) is 7.76. The van der Waals surface area contributed by atoms with Gasteiger partial charge in [-0.3, -0.25) is 4.79 Å². The predicted octanol–water partition coefficient (Wildman–Crippen LogP) is 4.26. The van der Waals surface area contributed by atoms with Gasteiger partial charge in [0, 0.05) is 19.8 Å². The molecule has 1 N–H and O–H groups in total. The minimum absolute atomic E-state index is 0.0203. The molecule has 24 heavy (non-hydrogen) atoms. The summed E-state index contributed by atoms with van der Waals surface area (Å²) in [5.41, 5.74) is 3.20. The second-order valence-corrected chi connectivity index (χ2v) is 5.95. The Morgan fingerprint density at radius 3 is 2.42 bits per heavy atom. The number of hydrogen-bond acceptors (Lipinski definition) is 3. The molecule has 0 bridgehead atoms. The first kappa shape index (κ1) is 17.6. The summed E-state index contributed by atoms with van der Waals surface area (Å²) in [6.45, 7) is 1.84. The Kier molecular flexibility index (Phi) is 5.62. The Morgan fingerprint density at radius 1 is 1.21 bits per heavy atom. The van der Waals surface area contributed by atoms with E-state index in [1.165, 1.54) is 0 Å². The first-order chi connectivity index (χ1) is 11.4. The van der Waals surface area contributed by atoms with Crippen LogP contribution in [0.25, 0.3) is 6.08 Å². The summed E-state index contributed by atoms with van der Waals surface area (Å²) in [5, 5.41) is 12.4. The number of carbonyl (C=O) groups excluding carboxylic acids is 1. The molecule has 0 aliphatic carbocycles. The quantitative estimate of drug-likeness (QED) is 0.669. The molecule has 0 aromatic heterocycles. The number of hydrogen-bond donors (Lipinski definition) is 1. The maximum Gasteiger partial charge on any atom is 0.266 e. The van der Waals surface area contributed by atoms with Crippen LogP contribution in [0.5, 0.6) is 0 Å². The van der Waals surface area contributed by atoms with Crippen molar-refractivity contribution >= 4 is 35.0 Å². The van der Waals surface area contributed by atoms with E-state index in [9.17, 15) is 10.1 Å². The van der Waals surface area contributed by atoms with E-state index >= 15 is 0 Å². The highest BCUT2D eigenvalue weighted by molar-refractivity contribution is 6.34. The Balaban J connectivity index is 2.24. The zero-order valence-electron chi connectivity index (χ0n) is 13.8. The Bertz CT molecular complexity index is 797. The largest absolute Gasteiger partial charge is 0.378 e. The van der Waals surface area contributed by atoms with Crippen LogP contribution in [0.4, 0.5) is 11.4 Å². The number of carbonyl (C=O) groups is 1. The molecule has 0 saturated heterocycles. The van der Waals surface area contributed by atoms with Gasteiger partial charge in [0.25, 0.3) is 5.91 Å². The van der Waals surface area contributed by atoms with Crippen molar-refractivity contribution in [1.29, 1.82) is 5.26 Å². The molecular formula is C19H18ClN3O. The molecule has 0 heterocycles. The lowest BCUT2D eigenvalue weighted by Crippen LogP contribution is -2.14. The second kappa shape index (κ2) is 7.67. The van der Waals surface area contributed by atoms with Gasteiger partial charge in [0.2, 0.25) is 0 Å². The van der Waals surface area contributed by atoms with E-state index in [1.807, 2.05) is 62.3 Å². The van der Waals surface area contributed by atoms with Crippen molar-refractivity contribution in [3.63, 3.8) is 0 Å². The monoisotopic (exact) mass is 339 g/mol. The third kappa shape index (κ3) is 4.15. The highest BCUT2D eigenvalue weighted by atomic mass is 35.5.